The molecule has 0 fully saturated rings. The topological polar surface area (TPSA) is 9.23 Å². The summed E-state index contributed by atoms with van der Waals surface area (Å²) in [6.07, 6.45) is 6.88. The van der Waals surface area contributed by atoms with Gasteiger partial charge in [-0.2, -0.15) is 0 Å². The number of allylic oxidation sites excluding steroid dienone is 3. The molecule has 0 heterocycles. The molecule has 0 aromatic heterocycles. The first-order valence-corrected chi connectivity index (χ1v) is 15.1. The number of fused-ring (bicyclic) bond motifs is 2. The molecule has 0 spiro atoms. The average Bonchev–Trinajstić information content (AvgIpc) is 3.24. The van der Waals surface area contributed by atoms with Gasteiger partial charge in [0.2, 0.25) is 0 Å². The maximum atomic E-state index is 6.09. The van der Waals surface area contributed by atoms with Crippen molar-refractivity contribution in [1.82, 2.24) is 0 Å². The Bertz CT molecular complexity index is 1270. The minimum Gasteiger partial charge on any atom is -1.00 e. The van der Waals surface area contributed by atoms with Crippen molar-refractivity contribution in [3.8, 4) is 0 Å². The van der Waals surface area contributed by atoms with Crippen molar-refractivity contribution in [2.45, 2.75) is 46.3 Å². The van der Waals surface area contributed by atoms with Gasteiger partial charge in [-0.25, -0.2) is 0 Å². The molecule has 31 heavy (non-hydrogen) atoms. The van der Waals surface area contributed by atoms with Crippen LogP contribution in [-0.2, 0) is 29.1 Å². The van der Waals surface area contributed by atoms with Crippen molar-refractivity contribution < 1.29 is 54.0 Å². The van der Waals surface area contributed by atoms with Gasteiger partial charge in [-0.15, -0.1) is 0 Å². The molecular formula is C26H29Cl2OSiZr. The van der Waals surface area contributed by atoms with E-state index in [9.17, 15) is 0 Å². The third-order valence-electron chi connectivity index (χ3n) is 5.67. The maximum Gasteiger partial charge on any atom is -1.00 e. The molecule has 0 unspecified atom stereocenters. The van der Waals surface area contributed by atoms with E-state index in [1.165, 1.54) is 76.7 Å². The van der Waals surface area contributed by atoms with Crippen LogP contribution in [0.1, 0.15) is 37.8 Å². The molecule has 2 aromatic carbocycles. The van der Waals surface area contributed by atoms with Gasteiger partial charge in [0.05, 0.1) is 0 Å². The zero-order valence-corrected chi connectivity index (χ0v) is 23.9. The van der Waals surface area contributed by atoms with Crippen LogP contribution >= 0.6 is 0 Å². The fourth-order valence-corrected chi connectivity index (χ4v) is 6.20. The van der Waals surface area contributed by atoms with Crippen LogP contribution in [0.25, 0.3) is 14.4 Å². The van der Waals surface area contributed by atoms with Crippen LogP contribution in [0.15, 0.2) is 54.1 Å². The van der Waals surface area contributed by atoms with E-state index in [4.69, 9.17) is 4.43 Å². The van der Waals surface area contributed by atoms with Crippen molar-refractivity contribution in [2.24, 2.45) is 0 Å². The Kier molecular flexibility index (Phi) is 8.98. The van der Waals surface area contributed by atoms with Gasteiger partial charge >= 0.3 is 191 Å². The van der Waals surface area contributed by atoms with Gasteiger partial charge in [0.15, 0.2) is 0 Å². The molecule has 0 saturated heterocycles. The second kappa shape index (κ2) is 10.5. The van der Waals surface area contributed by atoms with Gasteiger partial charge in [0.1, 0.15) is 0 Å². The predicted molar refractivity (Wildman–Crippen MR) is 122 cm³/mol. The van der Waals surface area contributed by atoms with E-state index < -0.39 is 8.32 Å². The second-order valence-electron chi connectivity index (χ2n) is 9.19. The van der Waals surface area contributed by atoms with E-state index in [1.807, 2.05) is 0 Å². The molecule has 1 nitrogen and oxygen atoms in total. The number of benzene rings is 2. The summed E-state index contributed by atoms with van der Waals surface area (Å²) in [6.45, 7) is 12.1. The molecule has 0 bridgehead atoms. The van der Waals surface area contributed by atoms with Crippen molar-refractivity contribution in [3.63, 3.8) is 0 Å². The standard InChI is InChI=1S/C26H29OSi.2ClH.Zr/c1-18(2)22-12-13-24-23-9-7-6-8-20(23)17-25(24)26(22)21-11-10-19(16-21)14-15-27-28(3,4)5;;;/h6-10,12-13,16H,11,14-15H2,1-5H3;2*1H;/q;;;+2/p-2. The molecule has 0 atom stereocenters. The Hall–Kier alpha value is -0.700. The van der Waals surface area contributed by atoms with Crippen molar-refractivity contribution in [3.05, 3.63) is 86.1 Å². The Labute approximate surface area is 214 Å². The van der Waals surface area contributed by atoms with Crippen molar-refractivity contribution in [1.29, 1.82) is 0 Å². The summed E-state index contributed by atoms with van der Waals surface area (Å²) >= 11 is 1.49. The molecule has 0 amide bonds. The minimum atomic E-state index is -1.44. The average molecular weight is 548 g/mol. The number of hydrogen-bond acceptors (Lipinski definition) is 1. The zero-order valence-electron chi connectivity index (χ0n) is 18.9. The van der Waals surface area contributed by atoms with E-state index in [0.29, 0.717) is 0 Å². The van der Waals surface area contributed by atoms with Crippen LogP contribution in [0, 0.1) is 10.4 Å². The van der Waals surface area contributed by atoms with Crippen LogP contribution in [0.4, 0.5) is 0 Å². The van der Waals surface area contributed by atoms with Gasteiger partial charge in [0, 0.05) is 0 Å². The summed E-state index contributed by atoms with van der Waals surface area (Å²) in [7, 11) is -1.44. The minimum absolute atomic E-state index is 0. The second-order valence-corrected chi connectivity index (χ2v) is 14.9. The van der Waals surface area contributed by atoms with Crippen molar-refractivity contribution >= 4 is 22.7 Å². The molecule has 0 aliphatic heterocycles. The van der Waals surface area contributed by atoms with Crippen LogP contribution in [0.2, 0.25) is 19.6 Å². The molecular weight excluding hydrogens is 519 g/mol. The van der Waals surface area contributed by atoms with Gasteiger partial charge in [-0.1, -0.05) is 0 Å². The first-order valence-electron chi connectivity index (χ1n) is 10.5. The van der Waals surface area contributed by atoms with E-state index >= 15 is 0 Å². The number of hydrogen-bond donors (Lipinski definition) is 0. The van der Waals surface area contributed by atoms with Gasteiger partial charge in [-0.05, 0) is 0 Å². The third-order valence-corrected chi connectivity index (χ3v) is 8.02. The van der Waals surface area contributed by atoms with Gasteiger partial charge in [-0.3, -0.25) is 0 Å². The van der Waals surface area contributed by atoms with E-state index in [2.05, 4.69) is 82.0 Å². The fourth-order valence-electron chi connectivity index (χ4n) is 4.31. The smallest absolute Gasteiger partial charge is 1.00 e. The zero-order chi connectivity index (χ0) is 20.8. The predicted octanol–water partition coefficient (Wildman–Crippen LogP) is -0.856. The quantitative estimate of drug-likeness (QED) is 0.443. The number of rotatable bonds is 5. The molecule has 2 aliphatic rings. The van der Waals surface area contributed by atoms with Crippen LogP contribution < -0.4 is 35.3 Å². The van der Waals surface area contributed by atoms with E-state index in [-0.39, 0.29) is 24.8 Å². The Morgan fingerprint density at radius 1 is 0.935 bits per heavy atom. The third kappa shape index (κ3) is 5.45. The van der Waals surface area contributed by atoms with Crippen LogP contribution in [0.3, 0.4) is 0 Å². The Morgan fingerprint density at radius 3 is 2.26 bits per heavy atom. The number of halogens is 2. The maximum absolute atomic E-state index is 6.09. The normalized spacial score (nSPS) is 14.2. The molecule has 0 saturated carbocycles. The summed E-state index contributed by atoms with van der Waals surface area (Å²) < 4.78 is 7.59. The fraction of sp³-hybridized carbons (Fsp3) is 0.308. The largest absolute Gasteiger partial charge is 1.00 e. The van der Waals surface area contributed by atoms with Crippen LogP contribution in [-0.4, -0.2) is 14.9 Å². The monoisotopic (exact) mass is 545 g/mol. The molecule has 2 aliphatic carbocycles. The summed E-state index contributed by atoms with van der Waals surface area (Å²) in [4.78, 5) is 0. The van der Waals surface area contributed by atoms with Gasteiger partial charge < -0.3 is 24.8 Å². The molecule has 161 valence electrons. The summed E-state index contributed by atoms with van der Waals surface area (Å²) in [5.74, 6) is 0. The summed E-state index contributed by atoms with van der Waals surface area (Å²) in [6, 6.07) is 13.6. The van der Waals surface area contributed by atoms with E-state index in [1.54, 1.807) is 0 Å². The molecule has 0 radical (unpaired) electrons. The van der Waals surface area contributed by atoms with Crippen molar-refractivity contribution in [2.75, 3.05) is 6.61 Å². The Morgan fingerprint density at radius 2 is 1.61 bits per heavy atom. The molecule has 4 rings (SSSR count). The molecule has 2 aromatic rings. The Balaban J connectivity index is 0.00000171. The first-order chi connectivity index (χ1) is 13.8. The van der Waals surface area contributed by atoms with Gasteiger partial charge in [0.25, 0.3) is 0 Å². The summed E-state index contributed by atoms with van der Waals surface area (Å²) in [5.41, 5.74) is 7.22. The van der Waals surface area contributed by atoms with E-state index in [0.717, 1.165) is 19.4 Å². The molecule has 0 N–H and O–H groups in total. The SMILES string of the molecule is CC(C)=c1ccc2c(c1C1=CC(CCO[Si](C)(C)C)=CC1)[C]([Zr+2])=c1ccccc1=2.[Cl-].[Cl-]. The first kappa shape index (κ1) is 26.6. The van der Waals surface area contributed by atoms with Crippen LogP contribution in [0.5, 0.6) is 0 Å². The summed E-state index contributed by atoms with van der Waals surface area (Å²) in [5, 5.41) is 5.62. The molecule has 5 heteroatoms.